The molecular weight excluding hydrogens is 364 g/mol. The van der Waals surface area contributed by atoms with Gasteiger partial charge in [-0.05, 0) is 49.2 Å². The van der Waals surface area contributed by atoms with Crippen LogP contribution in [-0.4, -0.2) is 14.3 Å². The van der Waals surface area contributed by atoms with E-state index in [1.807, 2.05) is 19.1 Å². The Morgan fingerprint density at radius 2 is 1.81 bits per heavy atom. The monoisotopic (exact) mass is 384 g/mol. The summed E-state index contributed by atoms with van der Waals surface area (Å²) in [4.78, 5) is 12.5. The maximum Gasteiger partial charge on any atom is 0.261 e. The van der Waals surface area contributed by atoms with Crippen LogP contribution in [0.4, 0.5) is 5.69 Å². The van der Waals surface area contributed by atoms with Gasteiger partial charge in [-0.15, -0.1) is 0 Å². The van der Waals surface area contributed by atoms with Gasteiger partial charge in [-0.25, -0.2) is 8.42 Å². The minimum absolute atomic E-state index is 0.0322. The van der Waals surface area contributed by atoms with E-state index in [2.05, 4.69) is 10.0 Å². The van der Waals surface area contributed by atoms with Gasteiger partial charge in [-0.2, -0.15) is 0 Å². The molecule has 0 saturated heterocycles. The molecule has 0 radical (unpaired) electrons. The predicted octanol–water partition coefficient (Wildman–Crippen LogP) is 3.63. The Morgan fingerprint density at radius 3 is 2.52 bits per heavy atom. The molecule has 140 valence electrons. The molecule has 2 N–H and O–H groups in total. The minimum Gasteiger partial charge on any atom is -0.472 e. The lowest BCUT2D eigenvalue weighted by Gasteiger charge is -2.13. The van der Waals surface area contributed by atoms with E-state index >= 15 is 0 Å². The van der Waals surface area contributed by atoms with Crippen LogP contribution >= 0.6 is 0 Å². The fraction of sp³-hybridized carbons (Fsp3) is 0.150. The Balaban J connectivity index is 1.83. The van der Waals surface area contributed by atoms with Gasteiger partial charge in [0.05, 0.1) is 23.1 Å². The SMILES string of the molecule is Cc1ccccc1NS(=O)(=O)c1ccc(C)c(C(=O)NCc2ccoc2)c1. The first kappa shape index (κ1) is 18.7. The fourth-order valence-corrected chi connectivity index (χ4v) is 3.73. The molecular formula is C20H20N2O4S. The highest BCUT2D eigenvalue weighted by Crippen LogP contribution is 2.21. The van der Waals surface area contributed by atoms with Gasteiger partial charge in [0, 0.05) is 17.7 Å². The Morgan fingerprint density at radius 1 is 1.04 bits per heavy atom. The predicted molar refractivity (Wildman–Crippen MR) is 103 cm³/mol. The third kappa shape index (κ3) is 4.38. The number of para-hydroxylation sites is 1. The number of rotatable bonds is 6. The van der Waals surface area contributed by atoms with Crippen molar-refractivity contribution in [2.24, 2.45) is 0 Å². The summed E-state index contributed by atoms with van der Waals surface area (Å²) in [5.74, 6) is -0.346. The molecule has 0 aliphatic heterocycles. The number of benzene rings is 2. The molecule has 0 bridgehead atoms. The van der Waals surface area contributed by atoms with Crippen LogP contribution in [0.3, 0.4) is 0 Å². The summed E-state index contributed by atoms with van der Waals surface area (Å²) >= 11 is 0. The lowest BCUT2D eigenvalue weighted by Crippen LogP contribution is -2.24. The zero-order valence-electron chi connectivity index (χ0n) is 15.0. The van der Waals surface area contributed by atoms with Gasteiger partial charge < -0.3 is 9.73 Å². The van der Waals surface area contributed by atoms with Crippen molar-refractivity contribution in [3.05, 3.63) is 83.3 Å². The number of aryl methyl sites for hydroxylation is 2. The molecule has 0 aliphatic rings. The summed E-state index contributed by atoms with van der Waals surface area (Å²) in [7, 11) is -3.81. The van der Waals surface area contributed by atoms with Gasteiger partial charge in [0.2, 0.25) is 0 Å². The molecule has 0 atom stereocenters. The van der Waals surface area contributed by atoms with E-state index in [4.69, 9.17) is 4.42 Å². The Hall–Kier alpha value is -3.06. The van der Waals surface area contributed by atoms with Crippen LogP contribution in [0, 0.1) is 13.8 Å². The van der Waals surface area contributed by atoms with E-state index in [9.17, 15) is 13.2 Å². The zero-order valence-corrected chi connectivity index (χ0v) is 15.8. The number of hydrogen-bond donors (Lipinski definition) is 2. The van der Waals surface area contributed by atoms with Crippen LogP contribution in [-0.2, 0) is 16.6 Å². The quantitative estimate of drug-likeness (QED) is 0.679. The average Bonchev–Trinajstić information content (AvgIpc) is 3.15. The topological polar surface area (TPSA) is 88.4 Å². The number of hydrogen-bond acceptors (Lipinski definition) is 4. The fourth-order valence-electron chi connectivity index (χ4n) is 2.57. The van der Waals surface area contributed by atoms with Crippen LogP contribution in [0.25, 0.3) is 0 Å². The number of carbonyl (C=O) groups is 1. The van der Waals surface area contributed by atoms with Gasteiger partial charge in [0.15, 0.2) is 0 Å². The summed E-state index contributed by atoms with van der Waals surface area (Å²) < 4.78 is 33.0. The third-order valence-electron chi connectivity index (χ3n) is 4.19. The smallest absolute Gasteiger partial charge is 0.261 e. The Kier molecular flexibility index (Phi) is 5.32. The third-order valence-corrected chi connectivity index (χ3v) is 5.55. The van der Waals surface area contributed by atoms with Gasteiger partial charge in [-0.3, -0.25) is 9.52 Å². The summed E-state index contributed by atoms with van der Waals surface area (Å²) in [5, 5.41) is 2.77. The number of carbonyl (C=O) groups excluding carboxylic acids is 1. The largest absolute Gasteiger partial charge is 0.472 e. The Bertz CT molecular complexity index is 1060. The molecule has 27 heavy (non-hydrogen) atoms. The number of sulfonamides is 1. The number of anilines is 1. The first-order valence-corrected chi connectivity index (χ1v) is 9.83. The molecule has 3 aromatic rings. The van der Waals surface area contributed by atoms with Crippen molar-refractivity contribution >= 4 is 21.6 Å². The lowest BCUT2D eigenvalue weighted by molar-refractivity contribution is 0.0950. The van der Waals surface area contributed by atoms with Gasteiger partial charge in [0.1, 0.15) is 0 Å². The van der Waals surface area contributed by atoms with Crippen molar-refractivity contribution in [1.29, 1.82) is 0 Å². The highest BCUT2D eigenvalue weighted by Gasteiger charge is 2.19. The zero-order chi connectivity index (χ0) is 19.4. The maximum atomic E-state index is 12.7. The van der Waals surface area contributed by atoms with Crippen LogP contribution in [0.1, 0.15) is 27.0 Å². The average molecular weight is 384 g/mol. The molecule has 1 amide bonds. The van der Waals surface area contributed by atoms with Crippen molar-refractivity contribution in [3.8, 4) is 0 Å². The molecule has 0 spiro atoms. The van der Waals surface area contributed by atoms with Crippen LogP contribution < -0.4 is 10.0 Å². The first-order valence-electron chi connectivity index (χ1n) is 8.35. The van der Waals surface area contributed by atoms with Crippen molar-refractivity contribution in [2.45, 2.75) is 25.3 Å². The van der Waals surface area contributed by atoms with Crippen molar-refractivity contribution in [3.63, 3.8) is 0 Å². The summed E-state index contributed by atoms with van der Waals surface area (Å²) in [5.41, 5.74) is 3.14. The lowest BCUT2D eigenvalue weighted by atomic mass is 10.1. The minimum atomic E-state index is -3.81. The van der Waals surface area contributed by atoms with Gasteiger partial charge in [-0.1, -0.05) is 24.3 Å². The molecule has 0 saturated carbocycles. The van der Waals surface area contributed by atoms with E-state index in [1.165, 1.54) is 18.4 Å². The normalized spacial score (nSPS) is 11.2. The molecule has 0 aliphatic carbocycles. The van der Waals surface area contributed by atoms with Crippen LogP contribution in [0.2, 0.25) is 0 Å². The molecule has 6 nitrogen and oxygen atoms in total. The maximum absolute atomic E-state index is 12.7. The molecule has 2 aromatic carbocycles. The Labute approximate surface area is 158 Å². The molecule has 7 heteroatoms. The van der Waals surface area contributed by atoms with E-state index in [-0.39, 0.29) is 10.8 Å². The van der Waals surface area contributed by atoms with E-state index in [0.717, 1.165) is 11.1 Å². The highest BCUT2D eigenvalue weighted by atomic mass is 32.2. The van der Waals surface area contributed by atoms with Crippen LogP contribution in [0.5, 0.6) is 0 Å². The second-order valence-corrected chi connectivity index (χ2v) is 7.89. The number of amides is 1. The van der Waals surface area contributed by atoms with Gasteiger partial charge >= 0.3 is 0 Å². The molecule has 3 rings (SSSR count). The van der Waals surface area contributed by atoms with E-state index in [1.54, 1.807) is 37.5 Å². The second-order valence-electron chi connectivity index (χ2n) is 6.21. The summed E-state index contributed by atoms with van der Waals surface area (Å²) in [6.07, 6.45) is 3.07. The summed E-state index contributed by atoms with van der Waals surface area (Å²) in [6, 6.07) is 13.4. The summed E-state index contributed by atoms with van der Waals surface area (Å²) in [6.45, 7) is 3.88. The van der Waals surface area contributed by atoms with Crippen molar-refractivity contribution in [2.75, 3.05) is 4.72 Å². The van der Waals surface area contributed by atoms with Crippen molar-refractivity contribution < 1.29 is 17.6 Å². The second kappa shape index (κ2) is 7.67. The number of furan rings is 1. The highest BCUT2D eigenvalue weighted by molar-refractivity contribution is 7.92. The van der Waals surface area contributed by atoms with Crippen molar-refractivity contribution in [1.82, 2.24) is 5.32 Å². The molecule has 1 aromatic heterocycles. The van der Waals surface area contributed by atoms with Gasteiger partial charge in [0.25, 0.3) is 15.9 Å². The molecule has 0 fully saturated rings. The molecule has 1 heterocycles. The van der Waals surface area contributed by atoms with Crippen LogP contribution in [0.15, 0.2) is 70.4 Å². The molecule has 0 unspecified atom stereocenters. The van der Waals surface area contributed by atoms with E-state index < -0.39 is 10.0 Å². The standard InChI is InChI=1S/C20H20N2O4S/c1-14-7-8-17(27(24,25)22-19-6-4-3-5-15(19)2)11-18(14)20(23)21-12-16-9-10-26-13-16/h3-11,13,22H,12H2,1-2H3,(H,21,23). The number of nitrogens with one attached hydrogen (secondary N) is 2. The van der Waals surface area contributed by atoms with E-state index in [0.29, 0.717) is 23.4 Å². The first-order chi connectivity index (χ1) is 12.9.